The van der Waals surface area contributed by atoms with Crippen LogP contribution < -0.4 is 10.6 Å². The van der Waals surface area contributed by atoms with Gasteiger partial charge in [-0.2, -0.15) is 11.8 Å². The molecule has 3 fully saturated rings. The quantitative estimate of drug-likeness (QED) is 0.816. The SMILES string of the molecule is CSC1(CNC(=O)C2NCC3CCCC32)CCC1. The Kier molecular flexibility index (Phi) is 3.59. The first-order valence-electron chi connectivity index (χ1n) is 7.30. The second-order valence-corrected chi connectivity index (χ2v) is 7.47. The summed E-state index contributed by atoms with van der Waals surface area (Å²) in [4.78, 5) is 12.3. The summed E-state index contributed by atoms with van der Waals surface area (Å²) < 4.78 is 0.351. The zero-order valence-electron chi connectivity index (χ0n) is 11.2. The van der Waals surface area contributed by atoms with E-state index >= 15 is 0 Å². The van der Waals surface area contributed by atoms with Gasteiger partial charge >= 0.3 is 0 Å². The number of fused-ring (bicyclic) bond motifs is 1. The van der Waals surface area contributed by atoms with Gasteiger partial charge in [0.15, 0.2) is 0 Å². The molecule has 0 aromatic carbocycles. The van der Waals surface area contributed by atoms with E-state index in [9.17, 15) is 4.79 Å². The van der Waals surface area contributed by atoms with E-state index in [4.69, 9.17) is 0 Å². The molecule has 0 aromatic rings. The Hall–Kier alpha value is -0.220. The minimum atomic E-state index is 0.0940. The lowest BCUT2D eigenvalue weighted by Crippen LogP contribution is -2.50. The van der Waals surface area contributed by atoms with Crippen LogP contribution in [0, 0.1) is 11.8 Å². The Morgan fingerprint density at radius 3 is 2.89 bits per heavy atom. The van der Waals surface area contributed by atoms with E-state index in [1.165, 1.54) is 38.5 Å². The molecule has 3 rings (SSSR count). The molecule has 3 unspecified atom stereocenters. The van der Waals surface area contributed by atoms with Gasteiger partial charge in [-0.1, -0.05) is 12.8 Å². The van der Waals surface area contributed by atoms with Gasteiger partial charge < -0.3 is 10.6 Å². The number of nitrogens with one attached hydrogen (secondary N) is 2. The van der Waals surface area contributed by atoms with Crippen molar-refractivity contribution in [1.29, 1.82) is 0 Å². The fourth-order valence-electron chi connectivity index (χ4n) is 3.86. The predicted molar refractivity (Wildman–Crippen MR) is 75.7 cm³/mol. The fourth-order valence-corrected chi connectivity index (χ4v) is 4.77. The zero-order chi connectivity index (χ0) is 12.6. The first-order chi connectivity index (χ1) is 8.74. The third kappa shape index (κ3) is 2.18. The number of hydrogen-bond donors (Lipinski definition) is 2. The largest absolute Gasteiger partial charge is 0.353 e. The molecule has 2 aliphatic carbocycles. The molecule has 2 saturated carbocycles. The third-order valence-corrected chi connectivity index (χ3v) is 6.73. The Morgan fingerprint density at radius 1 is 1.39 bits per heavy atom. The topological polar surface area (TPSA) is 41.1 Å². The molecule has 3 atom stereocenters. The molecular formula is C14H24N2OS. The Balaban J connectivity index is 1.52. The van der Waals surface area contributed by atoms with Crippen molar-refractivity contribution in [2.45, 2.75) is 49.3 Å². The first-order valence-corrected chi connectivity index (χ1v) is 8.53. The van der Waals surface area contributed by atoms with Gasteiger partial charge in [-0.05, 0) is 50.3 Å². The average molecular weight is 268 g/mol. The molecule has 1 heterocycles. The van der Waals surface area contributed by atoms with Gasteiger partial charge in [-0.25, -0.2) is 0 Å². The van der Waals surface area contributed by atoms with Gasteiger partial charge in [0.25, 0.3) is 0 Å². The summed E-state index contributed by atoms with van der Waals surface area (Å²) in [6.45, 7) is 1.92. The van der Waals surface area contributed by atoms with Gasteiger partial charge in [0, 0.05) is 11.3 Å². The molecule has 1 amide bonds. The number of carbonyl (C=O) groups is 1. The lowest BCUT2D eigenvalue weighted by molar-refractivity contribution is -0.124. The van der Waals surface area contributed by atoms with Crippen LogP contribution in [0.2, 0.25) is 0 Å². The molecule has 0 spiro atoms. The standard InChI is InChI=1S/C14H24N2OS/c1-18-14(6-3-7-14)9-16-13(17)12-11-5-2-4-10(11)8-15-12/h10-12,15H,2-9H2,1H3,(H,16,17). The van der Waals surface area contributed by atoms with E-state index in [0.29, 0.717) is 10.7 Å². The van der Waals surface area contributed by atoms with Gasteiger partial charge in [0.05, 0.1) is 6.04 Å². The van der Waals surface area contributed by atoms with E-state index in [0.717, 1.165) is 19.0 Å². The summed E-state index contributed by atoms with van der Waals surface area (Å²) in [6.07, 6.45) is 9.89. The van der Waals surface area contributed by atoms with Gasteiger partial charge in [0.1, 0.15) is 0 Å². The number of rotatable bonds is 4. The van der Waals surface area contributed by atoms with Crippen LogP contribution in [0.3, 0.4) is 0 Å². The number of thioether (sulfide) groups is 1. The Bertz CT molecular complexity index is 324. The van der Waals surface area contributed by atoms with Crippen LogP contribution in [0.25, 0.3) is 0 Å². The van der Waals surface area contributed by atoms with Crippen LogP contribution in [0.5, 0.6) is 0 Å². The van der Waals surface area contributed by atoms with Gasteiger partial charge in [-0.3, -0.25) is 4.79 Å². The number of hydrogen-bond acceptors (Lipinski definition) is 3. The second kappa shape index (κ2) is 5.04. The molecule has 18 heavy (non-hydrogen) atoms. The van der Waals surface area contributed by atoms with Crippen molar-refractivity contribution in [3.8, 4) is 0 Å². The molecule has 4 heteroatoms. The Labute approximate surface area is 114 Å². The van der Waals surface area contributed by atoms with Crippen LogP contribution in [-0.4, -0.2) is 36.0 Å². The van der Waals surface area contributed by atoms with Crippen molar-refractivity contribution in [3.05, 3.63) is 0 Å². The van der Waals surface area contributed by atoms with Crippen LogP contribution >= 0.6 is 11.8 Å². The summed E-state index contributed by atoms with van der Waals surface area (Å²) >= 11 is 1.93. The van der Waals surface area contributed by atoms with Crippen molar-refractivity contribution in [2.24, 2.45) is 11.8 Å². The van der Waals surface area contributed by atoms with Crippen LogP contribution in [0.15, 0.2) is 0 Å². The van der Waals surface area contributed by atoms with Gasteiger partial charge in [0.2, 0.25) is 5.91 Å². The summed E-state index contributed by atoms with van der Waals surface area (Å²) in [6, 6.07) is 0.0940. The van der Waals surface area contributed by atoms with Crippen LogP contribution in [0.4, 0.5) is 0 Å². The van der Waals surface area contributed by atoms with E-state index in [-0.39, 0.29) is 11.9 Å². The minimum absolute atomic E-state index is 0.0940. The summed E-state index contributed by atoms with van der Waals surface area (Å²) in [5.74, 6) is 1.63. The lowest BCUT2D eigenvalue weighted by Gasteiger charge is -2.40. The molecule has 1 saturated heterocycles. The normalized spacial score (nSPS) is 37.1. The van der Waals surface area contributed by atoms with Gasteiger partial charge in [-0.15, -0.1) is 0 Å². The van der Waals surface area contributed by atoms with E-state index in [1.807, 2.05) is 11.8 Å². The highest BCUT2D eigenvalue weighted by Crippen LogP contribution is 2.42. The molecule has 1 aliphatic heterocycles. The van der Waals surface area contributed by atoms with Crippen molar-refractivity contribution < 1.29 is 4.79 Å². The fraction of sp³-hybridized carbons (Fsp3) is 0.929. The van der Waals surface area contributed by atoms with E-state index < -0.39 is 0 Å². The first kappa shape index (κ1) is 12.8. The van der Waals surface area contributed by atoms with E-state index in [2.05, 4.69) is 16.9 Å². The van der Waals surface area contributed by atoms with Crippen molar-refractivity contribution in [1.82, 2.24) is 10.6 Å². The maximum absolute atomic E-state index is 12.3. The number of amides is 1. The van der Waals surface area contributed by atoms with Crippen molar-refractivity contribution in [3.63, 3.8) is 0 Å². The maximum Gasteiger partial charge on any atom is 0.237 e. The molecule has 3 nitrogen and oxygen atoms in total. The highest BCUT2D eigenvalue weighted by Gasteiger charge is 2.43. The predicted octanol–water partition coefficient (Wildman–Crippen LogP) is 1.78. The maximum atomic E-state index is 12.3. The third-order valence-electron chi connectivity index (χ3n) is 5.31. The molecule has 0 radical (unpaired) electrons. The molecule has 102 valence electrons. The van der Waals surface area contributed by atoms with Crippen LogP contribution in [-0.2, 0) is 4.79 Å². The molecular weight excluding hydrogens is 244 g/mol. The van der Waals surface area contributed by atoms with Crippen LogP contribution in [0.1, 0.15) is 38.5 Å². The molecule has 0 bridgehead atoms. The molecule has 3 aliphatic rings. The summed E-state index contributed by atoms with van der Waals surface area (Å²) in [7, 11) is 0. The Morgan fingerprint density at radius 2 is 2.22 bits per heavy atom. The number of carbonyl (C=O) groups excluding carboxylic acids is 1. The zero-order valence-corrected chi connectivity index (χ0v) is 12.0. The molecule has 2 N–H and O–H groups in total. The highest BCUT2D eigenvalue weighted by atomic mass is 32.2. The van der Waals surface area contributed by atoms with E-state index in [1.54, 1.807) is 0 Å². The highest BCUT2D eigenvalue weighted by molar-refractivity contribution is 8.00. The second-order valence-electron chi connectivity index (χ2n) is 6.20. The minimum Gasteiger partial charge on any atom is -0.353 e. The summed E-state index contributed by atoms with van der Waals surface area (Å²) in [5, 5.41) is 6.64. The van der Waals surface area contributed by atoms with Crippen molar-refractivity contribution in [2.75, 3.05) is 19.3 Å². The monoisotopic (exact) mass is 268 g/mol. The average Bonchev–Trinajstić information content (AvgIpc) is 2.89. The lowest BCUT2D eigenvalue weighted by atomic mass is 9.84. The molecule has 0 aromatic heterocycles. The smallest absolute Gasteiger partial charge is 0.237 e. The summed E-state index contributed by atoms with van der Waals surface area (Å²) in [5.41, 5.74) is 0. The van der Waals surface area contributed by atoms with Crippen molar-refractivity contribution >= 4 is 17.7 Å².